The van der Waals surface area contributed by atoms with Gasteiger partial charge in [0, 0.05) is 20.1 Å². The number of furan rings is 1. The number of ether oxygens (including phenoxy) is 1. The van der Waals surface area contributed by atoms with Crippen LogP contribution >= 0.6 is 0 Å². The minimum Gasteiger partial charge on any atom is -0.464 e. The quantitative estimate of drug-likeness (QED) is 0.887. The molecular formula is C16H21N3O3. The Balaban J connectivity index is 1.76. The number of fused-ring (bicyclic) bond motifs is 1. The number of nitrogens with one attached hydrogen (secondary N) is 1. The third kappa shape index (κ3) is 2.78. The van der Waals surface area contributed by atoms with E-state index in [0.29, 0.717) is 12.2 Å². The summed E-state index contributed by atoms with van der Waals surface area (Å²) in [5, 5.41) is 7.26. The standard InChI is InChI=1S/C16H21N3O3/c1-3-11-6-7-15(22-11)13(10-21-2)18-16(20)12-9-17-19-8-4-5-14(12)19/h6-7,9,13H,3-5,8,10H2,1-2H3,(H,18,20). The highest BCUT2D eigenvalue weighted by atomic mass is 16.5. The van der Waals surface area contributed by atoms with E-state index < -0.39 is 0 Å². The summed E-state index contributed by atoms with van der Waals surface area (Å²) in [6.45, 7) is 3.29. The fourth-order valence-electron chi connectivity index (χ4n) is 2.82. The van der Waals surface area contributed by atoms with Crippen LogP contribution in [-0.4, -0.2) is 29.4 Å². The Morgan fingerprint density at radius 1 is 1.55 bits per heavy atom. The van der Waals surface area contributed by atoms with Crippen LogP contribution in [0.25, 0.3) is 0 Å². The molecule has 1 aliphatic rings. The Morgan fingerprint density at radius 2 is 2.41 bits per heavy atom. The molecule has 0 aliphatic carbocycles. The molecule has 0 spiro atoms. The second kappa shape index (κ2) is 6.36. The molecule has 118 valence electrons. The van der Waals surface area contributed by atoms with Crippen molar-refractivity contribution < 1.29 is 13.9 Å². The van der Waals surface area contributed by atoms with Gasteiger partial charge in [-0.2, -0.15) is 5.10 Å². The molecule has 6 heteroatoms. The van der Waals surface area contributed by atoms with E-state index in [9.17, 15) is 4.79 Å². The van der Waals surface area contributed by atoms with Gasteiger partial charge in [-0.05, 0) is 25.0 Å². The van der Waals surface area contributed by atoms with Crippen molar-refractivity contribution in [2.45, 2.75) is 38.8 Å². The van der Waals surface area contributed by atoms with Gasteiger partial charge in [0.15, 0.2) is 0 Å². The van der Waals surface area contributed by atoms with Crippen LogP contribution in [0.3, 0.4) is 0 Å². The summed E-state index contributed by atoms with van der Waals surface area (Å²) < 4.78 is 12.9. The van der Waals surface area contributed by atoms with Gasteiger partial charge in [-0.15, -0.1) is 0 Å². The zero-order valence-electron chi connectivity index (χ0n) is 13.0. The average Bonchev–Trinajstić information content (AvgIpc) is 3.22. The van der Waals surface area contributed by atoms with E-state index in [1.54, 1.807) is 13.3 Å². The summed E-state index contributed by atoms with van der Waals surface area (Å²) in [5.74, 6) is 1.49. The van der Waals surface area contributed by atoms with E-state index in [0.717, 1.165) is 43.0 Å². The maximum atomic E-state index is 12.5. The van der Waals surface area contributed by atoms with E-state index in [-0.39, 0.29) is 11.9 Å². The van der Waals surface area contributed by atoms with Crippen LogP contribution < -0.4 is 5.32 Å². The number of aromatic nitrogens is 2. The number of hydrogen-bond donors (Lipinski definition) is 1. The molecule has 2 aromatic rings. The Labute approximate surface area is 129 Å². The smallest absolute Gasteiger partial charge is 0.255 e. The Morgan fingerprint density at radius 3 is 3.14 bits per heavy atom. The van der Waals surface area contributed by atoms with Gasteiger partial charge in [0.25, 0.3) is 5.91 Å². The van der Waals surface area contributed by atoms with Crippen LogP contribution in [0.1, 0.15) is 47.0 Å². The van der Waals surface area contributed by atoms with Crippen molar-refractivity contribution in [2.75, 3.05) is 13.7 Å². The van der Waals surface area contributed by atoms with Gasteiger partial charge >= 0.3 is 0 Å². The van der Waals surface area contributed by atoms with Gasteiger partial charge in [-0.1, -0.05) is 6.92 Å². The fourth-order valence-corrected chi connectivity index (χ4v) is 2.82. The molecule has 0 bridgehead atoms. The molecule has 0 saturated carbocycles. The predicted molar refractivity (Wildman–Crippen MR) is 80.7 cm³/mol. The molecule has 1 N–H and O–H groups in total. The number of hydrogen-bond acceptors (Lipinski definition) is 4. The summed E-state index contributed by atoms with van der Waals surface area (Å²) in [6.07, 6.45) is 4.42. The monoisotopic (exact) mass is 303 g/mol. The lowest BCUT2D eigenvalue weighted by Crippen LogP contribution is -2.31. The first-order valence-electron chi connectivity index (χ1n) is 7.66. The number of carbonyl (C=O) groups is 1. The fraction of sp³-hybridized carbons (Fsp3) is 0.500. The Kier molecular flexibility index (Phi) is 4.29. The number of amides is 1. The molecule has 3 heterocycles. The second-order valence-electron chi connectivity index (χ2n) is 5.47. The largest absolute Gasteiger partial charge is 0.464 e. The van der Waals surface area contributed by atoms with E-state index in [4.69, 9.17) is 9.15 Å². The number of aryl methyl sites for hydroxylation is 2. The predicted octanol–water partition coefficient (Wildman–Crippen LogP) is 2.10. The van der Waals surface area contributed by atoms with Crippen molar-refractivity contribution in [2.24, 2.45) is 0 Å². The minimum atomic E-state index is -0.297. The van der Waals surface area contributed by atoms with Crippen molar-refractivity contribution in [3.8, 4) is 0 Å². The summed E-state index contributed by atoms with van der Waals surface area (Å²) in [4.78, 5) is 12.5. The van der Waals surface area contributed by atoms with E-state index in [1.165, 1.54) is 0 Å². The lowest BCUT2D eigenvalue weighted by molar-refractivity contribution is 0.0881. The molecule has 0 fully saturated rings. The van der Waals surface area contributed by atoms with Gasteiger partial charge < -0.3 is 14.5 Å². The topological polar surface area (TPSA) is 69.3 Å². The molecule has 22 heavy (non-hydrogen) atoms. The van der Waals surface area contributed by atoms with Crippen LogP contribution in [0.4, 0.5) is 0 Å². The van der Waals surface area contributed by atoms with Gasteiger partial charge in [0.1, 0.15) is 17.6 Å². The summed E-state index contributed by atoms with van der Waals surface area (Å²) in [7, 11) is 1.61. The zero-order chi connectivity index (χ0) is 15.5. The highest BCUT2D eigenvalue weighted by molar-refractivity contribution is 5.95. The van der Waals surface area contributed by atoms with Crippen molar-refractivity contribution >= 4 is 5.91 Å². The second-order valence-corrected chi connectivity index (χ2v) is 5.47. The number of carbonyl (C=O) groups excluding carboxylic acids is 1. The van der Waals surface area contributed by atoms with Crippen molar-refractivity contribution in [3.63, 3.8) is 0 Å². The highest BCUT2D eigenvalue weighted by Gasteiger charge is 2.24. The SMILES string of the molecule is CCc1ccc(C(COC)NC(=O)c2cnn3c2CCC3)o1. The Bertz CT molecular complexity index is 659. The van der Waals surface area contributed by atoms with Crippen LogP contribution in [0.2, 0.25) is 0 Å². The lowest BCUT2D eigenvalue weighted by atomic mass is 10.1. The van der Waals surface area contributed by atoms with E-state index in [1.807, 2.05) is 23.7 Å². The van der Waals surface area contributed by atoms with Gasteiger partial charge in [0.2, 0.25) is 0 Å². The normalized spacial score (nSPS) is 14.8. The zero-order valence-corrected chi connectivity index (χ0v) is 13.0. The average molecular weight is 303 g/mol. The summed E-state index contributed by atoms with van der Waals surface area (Å²) in [6, 6.07) is 3.53. The van der Waals surface area contributed by atoms with Crippen LogP contribution in [-0.2, 0) is 24.1 Å². The molecule has 1 amide bonds. The molecule has 6 nitrogen and oxygen atoms in total. The first kappa shape index (κ1) is 14.8. The minimum absolute atomic E-state index is 0.125. The third-order valence-corrected chi connectivity index (χ3v) is 3.99. The highest BCUT2D eigenvalue weighted by Crippen LogP contribution is 2.21. The summed E-state index contributed by atoms with van der Waals surface area (Å²) in [5.41, 5.74) is 1.67. The first-order valence-corrected chi connectivity index (χ1v) is 7.66. The maximum absolute atomic E-state index is 12.5. The van der Waals surface area contributed by atoms with Gasteiger partial charge in [-0.25, -0.2) is 0 Å². The first-order chi connectivity index (χ1) is 10.7. The van der Waals surface area contributed by atoms with Gasteiger partial charge in [0.05, 0.1) is 24.1 Å². The van der Waals surface area contributed by atoms with Crippen molar-refractivity contribution in [1.29, 1.82) is 0 Å². The lowest BCUT2D eigenvalue weighted by Gasteiger charge is -2.15. The molecule has 1 unspecified atom stereocenters. The molecule has 2 aromatic heterocycles. The van der Waals surface area contributed by atoms with Crippen LogP contribution in [0.5, 0.6) is 0 Å². The molecule has 0 saturated heterocycles. The summed E-state index contributed by atoms with van der Waals surface area (Å²) >= 11 is 0. The van der Waals surface area contributed by atoms with E-state index >= 15 is 0 Å². The van der Waals surface area contributed by atoms with Crippen molar-refractivity contribution in [3.05, 3.63) is 41.1 Å². The maximum Gasteiger partial charge on any atom is 0.255 e. The third-order valence-electron chi connectivity index (χ3n) is 3.99. The van der Waals surface area contributed by atoms with E-state index in [2.05, 4.69) is 10.4 Å². The molecule has 0 radical (unpaired) electrons. The van der Waals surface area contributed by atoms with Gasteiger partial charge in [-0.3, -0.25) is 9.48 Å². The molecule has 0 aromatic carbocycles. The van der Waals surface area contributed by atoms with Crippen molar-refractivity contribution in [1.82, 2.24) is 15.1 Å². The number of rotatable bonds is 6. The molecule has 1 aliphatic heterocycles. The number of methoxy groups -OCH3 is 1. The number of nitrogens with zero attached hydrogens (tertiary/aromatic N) is 2. The van der Waals surface area contributed by atoms with Crippen LogP contribution in [0, 0.1) is 0 Å². The Hall–Kier alpha value is -2.08. The van der Waals surface area contributed by atoms with Crippen LogP contribution in [0.15, 0.2) is 22.7 Å². The molecule has 3 rings (SSSR count). The molecular weight excluding hydrogens is 282 g/mol. The molecule has 1 atom stereocenters.